The minimum Gasteiger partial charge on any atom is -0.877 e. The monoisotopic (exact) mass is 737 g/mol. The van der Waals surface area contributed by atoms with Crippen LogP contribution < -0.4 is 125 Å². The fraction of sp³-hybridized carbons (Fsp3) is 0.294. The fourth-order valence-corrected chi connectivity index (χ4v) is 6.29. The molecular formula is C34H29CuN4Na3O7. The number of aliphatic imine (C=N–C) groups is 3. The van der Waals surface area contributed by atoms with E-state index in [9.17, 15) is 34.8 Å². The molecule has 4 aliphatic heterocycles. The number of aromatic carboxylic acids is 1. The van der Waals surface area contributed by atoms with E-state index in [1.807, 2.05) is 20.8 Å². The number of aromatic nitrogens is 1. The maximum atomic E-state index is 12.5. The minimum atomic E-state index is -1.58. The number of hydrogen-bond donors (Lipinski definition) is 0. The van der Waals surface area contributed by atoms with Crippen LogP contribution in [0.1, 0.15) is 62.4 Å². The molecule has 11 nitrogen and oxygen atoms in total. The van der Waals surface area contributed by atoms with Crippen molar-refractivity contribution in [2.45, 2.75) is 53.4 Å². The van der Waals surface area contributed by atoms with E-state index in [0.717, 1.165) is 11.1 Å². The fourth-order valence-electron chi connectivity index (χ4n) is 6.29. The van der Waals surface area contributed by atoms with Crippen molar-refractivity contribution >= 4 is 46.7 Å². The molecule has 15 heteroatoms. The van der Waals surface area contributed by atoms with Crippen molar-refractivity contribution in [1.82, 2.24) is 4.98 Å². The van der Waals surface area contributed by atoms with Crippen LogP contribution in [0.25, 0.3) is 11.6 Å². The summed E-state index contributed by atoms with van der Waals surface area (Å²) < 4.78 is 0. The van der Waals surface area contributed by atoms with Gasteiger partial charge in [0.15, 0.2) is 0 Å². The van der Waals surface area contributed by atoms with Gasteiger partial charge >= 0.3 is 106 Å². The van der Waals surface area contributed by atoms with Gasteiger partial charge in [-0.2, -0.15) is 0 Å². The van der Waals surface area contributed by atoms with Crippen molar-refractivity contribution in [3.63, 3.8) is 0 Å². The van der Waals surface area contributed by atoms with Crippen LogP contribution in [0.3, 0.4) is 0 Å². The molecule has 0 spiro atoms. The van der Waals surface area contributed by atoms with Gasteiger partial charge in [0.25, 0.3) is 0 Å². The van der Waals surface area contributed by atoms with Crippen LogP contribution in [0.4, 0.5) is 0 Å². The van der Waals surface area contributed by atoms with Crippen molar-refractivity contribution < 1.29 is 141 Å². The van der Waals surface area contributed by atoms with Gasteiger partial charge in [0.05, 0.1) is 28.8 Å². The smallest absolute Gasteiger partial charge is 0.877 e. The summed E-state index contributed by atoms with van der Waals surface area (Å²) in [6.07, 6.45) is 6.76. The zero-order valence-corrected chi connectivity index (χ0v) is 35.5. The molecule has 0 saturated carbocycles. The van der Waals surface area contributed by atoms with Crippen LogP contribution in [0, 0.1) is 18.8 Å². The molecule has 5 heterocycles. The Bertz CT molecular complexity index is 1980. The number of nitrogens with zero attached hydrogens (tertiary/aromatic N) is 4. The summed E-state index contributed by atoms with van der Waals surface area (Å²) >= 11 is 0. The van der Waals surface area contributed by atoms with Gasteiger partial charge in [-0.15, -0.1) is 17.0 Å². The second kappa shape index (κ2) is 18.6. The summed E-state index contributed by atoms with van der Waals surface area (Å²) in [4.78, 5) is 55.0. The number of carbonyl (C=O) groups excluding carboxylic acids is 3. The van der Waals surface area contributed by atoms with Crippen LogP contribution in [0.15, 0.2) is 85.4 Å². The number of rotatable bonds is 8. The van der Waals surface area contributed by atoms with E-state index in [1.165, 1.54) is 6.92 Å². The Balaban J connectivity index is 0.00000300. The number of fused-ring (bicyclic) bond motifs is 5. The molecule has 1 aromatic heterocycles. The van der Waals surface area contributed by atoms with E-state index in [-0.39, 0.29) is 152 Å². The molecule has 0 amide bonds. The average Bonchev–Trinajstić information content (AvgIpc) is 3.67. The number of allylic oxidation sites excluding steroid dienone is 8. The molecule has 0 aliphatic carbocycles. The van der Waals surface area contributed by atoms with Gasteiger partial charge in [0, 0.05) is 47.2 Å². The SMILES string of the molecule is C=CC1=C(C)C2=NC1=CC1=NC(=C(CC)/C1=C\[O-])C=c1[n-]c(c(C(=O)[O-])c1C)=C(CC(=O)[O-])C1=NC(=C2)C(C)C1CCC(=O)[O-].[Cu+2].[Na+].[Na+].[Na+]. The molecule has 5 rings (SSSR count). The minimum absolute atomic E-state index is 0. The van der Waals surface area contributed by atoms with E-state index in [4.69, 9.17) is 15.0 Å². The van der Waals surface area contributed by atoms with Gasteiger partial charge in [-0.1, -0.05) is 38.1 Å². The maximum Gasteiger partial charge on any atom is 2.00 e. The maximum absolute atomic E-state index is 12.5. The predicted molar refractivity (Wildman–Crippen MR) is 159 cm³/mol. The van der Waals surface area contributed by atoms with Crippen LogP contribution in [0.2, 0.25) is 0 Å². The number of carbonyl (C=O) groups is 3. The molecule has 0 fully saturated rings. The predicted octanol–water partition coefficient (Wildman–Crippen LogP) is -10.3. The first kappa shape index (κ1) is 45.2. The second-order valence-electron chi connectivity index (χ2n) is 11.2. The summed E-state index contributed by atoms with van der Waals surface area (Å²) in [5, 5.41) is 48.5. The van der Waals surface area contributed by atoms with E-state index < -0.39 is 36.2 Å². The van der Waals surface area contributed by atoms with Crippen LogP contribution >= 0.6 is 0 Å². The number of carboxylic acids is 3. The second-order valence-corrected chi connectivity index (χ2v) is 11.2. The molecule has 4 aliphatic rings. The first-order valence-corrected chi connectivity index (χ1v) is 14.5. The summed E-state index contributed by atoms with van der Waals surface area (Å²) in [6, 6.07) is 0. The molecular weight excluding hydrogens is 709 g/mol. The Labute approximate surface area is 360 Å². The third kappa shape index (κ3) is 8.81. The zero-order chi connectivity index (χ0) is 32.7. The molecule has 2 atom stereocenters. The number of hydrogen-bond acceptors (Lipinski definition) is 10. The third-order valence-corrected chi connectivity index (χ3v) is 8.64. The van der Waals surface area contributed by atoms with Crippen LogP contribution in [-0.2, 0) is 26.7 Å². The molecule has 1 radical (unpaired) electrons. The molecule has 241 valence electrons. The standard InChI is InChI=1S/C34H34N4O7.Cu.3Na/c1-6-18-15(3)23-11-24-16(4)20(8-9-29(40)41)32(37-24)21(10-30(42)43)33-31(34(44)45)17(5)25(38-33)12-27-19(7-2)22(14-39)28(36-27)13-26(18)35-23;;;;/h6,11-14,16,20H,1,7-10H2,2-5H3,(H5,35,36,37,38,39,40,41,42,43,44,45);;;;/q;+2;3*+1/p-5. The first-order valence-electron chi connectivity index (χ1n) is 14.5. The molecule has 49 heavy (non-hydrogen) atoms. The normalized spacial score (nSPS) is 20.0. The number of aliphatic carboxylic acids is 2. The summed E-state index contributed by atoms with van der Waals surface area (Å²) in [7, 11) is 0. The molecule has 0 aromatic carbocycles. The molecule has 8 bridgehead atoms. The summed E-state index contributed by atoms with van der Waals surface area (Å²) in [6.45, 7) is 11.0. The largest absolute Gasteiger partial charge is 2.00 e. The van der Waals surface area contributed by atoms with E-state index in [2.05, 4.69) is 11.6 Å². The Morgan fingerprint density at radius 1 is 0.959 bits per heavy atom. The summed E-state index contributed by atoms with van der Waals surface area (Å²) in [5.41, 5.74) is 4.82. The third-order valence-electron chi connectivity index (χ3n) is 8.64. The van der Waals surface area contributed by atoms with Gasteiger partial charge in [0.1, 0.15) is 0 Å². The molecule has 1 aromatic rings. The van der Waals surface area contributed by atoms with Gasteiger partial charge in [-0.3, -0.25) is 4.99 Å². The Hall–Kier alpha value is -1.80. The summed E-state index contributed by atoms with van der Waals surface area (Å²) in [5.74, 6) is -5.40. The van der Waals surface area contributed by atoms with Crippen molar-refractivity contribution in [2.75, 3.05) is 0 Å². The van der Waals surface area contributed by atoms with Crippen molar-refractivity contribution in [1.29, 1.82) is 0 Å². The molecule has 2 unspecified atom stereocenters. The molecule has 0 saturated heterocycles. The molecule has 0 N–H and O–H groups in total. The first-order chi connectivity index (χ1) is 21.4. The zero-order valence-electron chi connectivity index (χ0n) is 28.5. The van der Waals surface area contributed by atoms with Crippen LogP contribution in [-0.4, -0.2) is 35.0 Å². The van der Waals surface area contributed by atoms with Gasteiger partial charge in [-0.25, -0.2) is 9.98 Å². The Kier molecular flexibility index (Phi) is 17.2. The van der Waals surface area contributed by atoms with E-state index in [0.29, 0.717) is 52.3 Å². The van der Waals surface area contributed by atoms with Gasteiger partial charge < -0.3 is 39.8 Å². The quantitative estimate of drug-likeness (QED) is 0.185. The Morgan fingerprint density at radius 3 is 2.18 bits per heavy atom. The van der Waals surface area contributed by atoms with E-state index >= 15 is 0 Å². The number of carboxylic acid groups (broad SMARTS) is 3. The van der Waals surface area contributed by atoms with Crippen LogP contribution in [0.5, 0.6) is 0 Å². The van der Waals surface area contributed by atoms with Gasteiger partial charge in [-0.05, 0) is 73.1 Å². The van der Waals surface area contributed by atoms with Crippen molar-refractivity contribution in [3.05, 3.63) is 92.3 Å². The van der Waals surface area contributed by atoms with Crippen molar-refractivity contribution in [2.24, 2.45) is 26.8 Å². The van der Waals surface area contributed by atoms with E-state index in [1.54, 1.807) is 24.3 Å². The van der Waals surface area contributed by atoms with Crippen molar-refractivity contribution in [3.8, 4) is 0 Å². The topological polar surface area (TPSA) is 195 Å². The average molecular weight is 738 g/mol. The van der Waals surface area contributed by atoms with Gasteiger partial charge in [0.2, 0.25) is 0 Å². The Morgan fingerprint density at radius 2 is 1.63 bits per heavy atom.